The van der Waals surface area contributed by atoms with Gasteiger partial charge in [0.1, 0.15) is 11.5 Å². The molecule has 204 valence electrons. The van der Waals surface area contributed by atoms with Crippen LogP contribution in [0.5, 0.6) is 17.4 Å². The SMILES string of the molecule is COc1ccc(Cl)cc1.Cc1cnc(C)c(Oc2ccc(C3c4[nH]c5ccc(Cl)cc5c4CCN3C=O)cc2)n1. The zero-order valence-electron chi connectivity index (χ0n) is 22.3. The summed E-state index contributed by atoms with van der Waals surface area (Å²) in [4.78, 5) is 25.9. The predicted octanol–water partition coefficient (Wildman–Crippen LogP) is 7.47. The Kier molecular flexibility index (Phi) is 8.24. The van der Waals surface area contributed by atoms with Crippen molar-refractivity contribution in [1.82, 2.24) is 19.9 Å². The van der Waals surface area contributed by atoms with Gasteiger partial charge in [-0.1, -0.05) is 35.3 Å². The number of methoxy groups -OCH3 is 1. The summed E-state index contributed by atoms with van der Waals surface area (Å²) in [5.74, 6) is 2.00. The van der Waals surface area contributed by atoms with Crippen molar-refractivity contribution in [1.29, 1.82) is 0 Å². The Labute approximate surface area is 242 Å². The maximum Gasteiger partial charge on any atom is 0.241 e. The van der Waals surface area contributed by atoms with E-state index in [1.54, 1.807) is 25.4 Å². The normalized spacial score (nSPS) is 14.2. The minimum absolute atomic E-state index is 0.193. The Morgan fingerprint density at radius 3 is 2.38 bits per heavy atom. The van der Waals surface area contributed by atoms with Crippen LogP contribution in [0.15, 0.2) is 72.9 Å². The van der Waals surface area contributed by atoms with Crippen molar-refractivity contribution < 1.29 is 14.3 Å². The summed E-state index contributed by atoms with van der Waals surface area (Å²) < 4.78 is 10.8. The van der Waals surface area contributed by atoms with Crippen molar-refractivity contribution in [3.63, 3.8) is 0 Å². The van der Waals surface area contributed by atoms with Gasteiger partial charge >= 0.3 is 0 Å². The minimum atomic E-state index is -0.193. The summed E-state index contributed by atoms with van der Waals surface area (Å²) in [5, 5.41) is 2.56. The van der Waals surface area contributed by atoms with Gasteiger partial charge in [0, 0.05) is 39.4 Å². The number of carbonyl (C=O) groups excluding carboxylic acids is 1. The molecule has 9 heteroatoms. The van der Waals surface area contributed by atoms with Gasteiger partial charge in [0.15, 0.2) is 0 Å². The summed E-state index contributed by atoms with van der Waals surface area (Å²) in [5.41, 5.74) is 5.81. The Bertz CT molecular complexity index is 1640. The fourth-order valence-electron chi connectivity index (χ4n) is 4.76. The second kappa shape index (κ2) is 12.0. The summed E-state index contributed by atoms with van der Waals surface area (Å²) in [6, 6.07) is 20.7. The second-order valence-electron chi connectivity index (χ2n) is 9.43. The molecule has 0 fully saturated rings. The van der Waals surface area contributed by atoms with Crippen LogP contribution in [0.4, 0.5) is 0 Å². The molecule has 5 aromatic rings. The molecule has 2 aromatic heterocycles. The zero-order valence-corrected chi connectivity index (χ0v) is 23.8. The van der Waals surface area contributed by atoms with E-state index >= 15 is 0 Å². The average molecular weight is 575 g/mol. The summed E-state index contributed by atoms with van der Waals surface area (Å²) in [6.07, 6.45) is 3.42. The lowest BCUT2D eigenvalue weighted by molar-refractivity contribution is -0.120. The second-order valence-corrected chi connectivity index (χ2v) is 10.3. The predicted molar refractivity (Wildman–Crippen MR) is 158 cm³/mol. The third-order valence-electron chi connectivity index (χ3n) is 6.75. The monoisotopic (exact) mass is 574 g/mol. The van der Waals surface area contributed by atoms with Crippen molar-refractivity contribution in [2.45, 2.75) is 26.3 Å². The number of ether oxygens (including phenoxy) is 2. The molecule has 3 heterocycles. The van der Waals surface area contributed by atoms with Crippen molar-refractivity contribution in [3.8, 4) is 17.4 Å². The lowest BCUT2D eigenvalue weighted by Crippen LogP contribution is -2.34. The van der Waals surface area contributed by atoms with Gasteiger partial charge in [-0.3, -0.25) is 9.78 Å². The molecule has 0 spiro atoms. The number of H-pyrrole nitrogens is 1. The van der Waals surface area contributed by atoms with Crippen LogP contribution in [0.2, 0.25) is 10.0 Å². The fourth-order valence-corrected chi connectivity index (χ4v) is 5.06. The minimum Gasteiger partial charge on any atom is -0.497 e. The van der Waals surface area contributed by atoms with Gasteiger partial charge in [-0.25, -0.2) is 4.98 Å². The smallest absolute Gasteiger partial charge is 0.241 e. The highest BCUT2D eigenvalue weighted by Gasteiger charge is 2.31. The molecule has 1 amide bonds. The zero-order chi connectivity index (χ0) is 28.2. The molecule has 0 saturated heterocycles. The number of nitrogens with one attached hydrogen (secondary N) is 1. The molecule has 0 aliphatic carbocycles. The molecule has 0 saturated carbocycles. The van der Waals surface area contributed by atoms with E-state index in [4.69, 9.17) is 32.7 Å². The van der Waals surface area contributed by atoms with E-state index in [1.165, 1.54) is 5.56 Å². The first-order valence-electron chi connectivity index (χ1n) is 12.7. The topological polar surface area (TPSA) is 80.3 Å². The van der Waals surface area contributed by atoms with E-state index in [0.29, 0.717) is 23.2 Å². The van der Waals surface area contributed by atoms with Crippen LogP contribution < -0.4 is 9.47 Å². The van der Waals surface area contributed by atoms with E-state index in [9.17, 15) is 4.79 Å². The summed E-state index contributed by atoms with van der Waals surface area (Å²) in [7, 11) is 1.63. The number of halogens is 2. The number of aryl methyl sites for hydroxylation is 2. The highest BCUT2D eigenvalue weighted by atomic mass is 35.5. The number of amides is 1. The molecule has 1 N–H and O–H groups in total. The maximum absolute atomic E-state index is 11.9. The van der Waals surface area contributed by atoms with Gasteiger partial charge in [-0.15, -0.1) is 0 Å². The molecular formula is C31H28Cl2N4O3. The Hall–Kier alpha value is -4.07. The summed E-state index contributed by atoms with van der Waals surface area (Å²) >= 11 is 11.8. The quantitative estimate of drug-likeness (QED) is 0.220. The van der Waals surface area contributed by atoms with Crippen LogP contribution in [-0.4, -0.2) is 39.9 Å². The first-order valence-corrected chi connectivity index (χ1v) is 13.5. The molecule has 3 aromatic carbocycles. The van der Waals surface area contributed by atoms with Crippen molar-refractivity contribution >= 4 is 40.5 Å². The number of hydrogen-bond donors (Lipinski definition) is 1. The van der Waals surface area contributed by atoms with Gasteiger partial charge in [0.05, 0.1) is 24.5 Å². The largest absolute Gasteiger partial charge is 0.497 e. The molecule has 7 nitrogen and oxygen atoms in total. The number of fused-ring (bicyclic) bond motifs is 3. The Morgan fingerprint density at radius 1 is 0.975 bits per heavy atom. The number of carbonyl (C=O) groups is 1. The molecule has 1 atom stereocenters. The number of aromatic amines is 1. The maximum atomic E-state index is 11.9. The molecule has 1 aliphatic heterocycles. The van der Waals surface area contributed by atoms with Crippen LogP contribution in [-0.2, 0) is 11.2 Å². The Morgan fingerprint density at radius 2 is 1.68 bits per heavy atom. The number of aromatic nitrogens is 3. The number of hydrogen-bond acceptors (Lipinski definition) is 5. The highest BCUT2D eigenvalue weighted by Crippen LogP contribution is 2.39. The fraction of sp³-hybridized carbons (Fsp3) is 0.194. The van der Waals surface area contributed by atoms with Crippen molar-refractivity contribution in [3.05, 3.63) is 111 Å². The first-order chi connectivity index (χ1) is 19.4. The lowest BCUT2D eigenvalue weighted by Gasteiger charge is -2.33. The molecule has 1 aliphatic rings. The summed E-state index contributed by atoms with van der Waals surface area (Å²) in [6.45, 7) is 4.39. The van der Waals surface area contributed by atoms with Gasteiger partial charge in [-0.2, -0.15) is 0 Å². The van der Waals surface area contributed by atoms with Gasteiger partial charge in [-0.05, 0) is 86.0 Å². The lowest BCUT2D eigenvalue weighted by atomic mass is 9.93. The third kappa shape index (κ3) is 5.91. The third-order valence-corrected chi connectivity index (χ3v) is 7.24. The number of rotatable bonds is 5. The van der Waals surface area contributed by atoms with Crippen LogP contribution >= 0.6 is 23.2 Å². The molecule has 1 unspecified atom stereocenters. The molecule has 0 radical (unpaired) electrons. The van der Waals surface area contributed by atoms with Crippen molar-refractivity contribution in [2.24, 2.45) is 0 Å². The van der Waals surface area contributed by atoms with E-state index in [0.717, 1.165) is 57.2 Å². The number of benzene rings is 3. The standard InChI is InChI=1S/C24H21ClN4O2.C7H7ClO/c1-14-12-26-15(2)24(27-14)31-18-6-3-16(4-7-18)23-22-19(9-10-29(23)13-30)20-11-17(25)5-8-21(20)28-22;1-9-7-4-2-6(8)3-5-7/h3-8,11-13,23,28H,9-10H2,1-2H3;2-5H,1H3. The Balaban J connectivity index is 0.000000306. The van der Waals surface area contributed by atoms with Crippen LogP contribution in [0.1, 0.15) is 34.3 Å². The van der Waals surface area contributed by atoms with E-state index in [1.807, 2.05) is 73.3 Å². The van der Waals surface area contributed by atoms with Gasteiger partial charge in [0.25, 0.3) is 0 Å². The van der Waals surface area contributed by atoms with E-state index < -0.39 is 0 Å². The molecule has 0 bridgehead atoms. The molecular weight excluding hydrogens is 547 g/mol. The van der Waals surface area contributed by atoms with Crippen LogP contribution in [0.25, 0.3) is 10.9 Å². The van der Waals surface area contributed by atoms with E-state index in [-0.39, 0.29) is 6.04 Å². The van der Waals surface area contributed by atoms with Crippen LogP contribution in [0, 0.1) is 13.8 Å². The van der Waals surface area contributed by atoms with Gasteiger partial charge in [0.2, 0.25) is 12.3 Å². The van der Waals surface area contributed by atoms with Crippen molar-refractivity contribution in [2.75, 3.05) is 13.7 Å². The number of nitrogens with zero attached hydrogens (tertiary/aromatic N) is 3. The van der Waals surface area contributed by atoms with Gasteiger partial charge < -0.3 is 19.4 Å². The molecule has 40 heavy (non-hydrogen) atoms. The average Bonchev–Trinajstić information content (AvgIpc) is 3.33. The van der Waals surface area contributed by atoms with E-state index in [2.05, 4.69) is 15.0 Å². The highest BCUT2D eigenvalue weighted by molar-refractivity contribution is 6.31. The van der Waals surface area contributed by atoms with Crippen LogP contribution in [0.3, 0.4) is 0 Å². The first kappa shape index (κ1) is 27.5. The molecule has 6 rings (SSSR count).